The Labute approximate surface area is 202 Å². The summed E-state index contributed by atoms with van der Waals surface area (Å²) in [6, 6.07) is 1.67. The topological polar surface area (TPSA) is 66.4 Å². The fraction of sp³-hybridized carbons (Fsp3) is 0.786. The first-order chi connectivity index (χ1) is 16.3. The number of carbonyl (C=O) groups is 2. The number of rotatable bonds is 4. The molecule has 8 fully saturated rings. The Kier molecular flexibility index (Phi) is 4.56. The quantitative estimate of drug-likeness (QED) is 0.658. The minimum Gasteiger partial charge on any atom is -0.335 e. The zero-order valence-corrected chi connectivity index (χ0v) is 20.7. The molecule has 8 aliphatic carbocycles. The van der Waals surface area contributed by atoms with Crippen LogP contribution >= 0.6 is 0 Å². The second-order valence-corrected chi connectivity index (χ2v) is 13.3. The van der Waals surface area contributed by atoms with Gasteiger partial charge in [-0.25, -0.2) is 9.97 Å². The maximum Gasteiger partial charge on any atom is 0.272 e. The maximum absolute atomic E-state index is 13.6. The van der Waals surface area contributed by atoms with Gasteiger partial charge in [-0.3, -0.25) is 9.59 Å². The molecule has 8 bridgehead atoms. The third-order valence-electron chi connectivity index (χ3n) is 11.1. The number of amides is 2. The Hall–Kier alpha value is -1.98. The molecule has 9 rings (SSSR count). The highest BCUT2D eigenvalue weighted by atomic mass is 16.2. The van der Waals surface area contributed by atoms with Crippen LogP contribution in [0.5, 0.6) is 0 Å². The van der Waals surface area contributed by atoms with Gasteiger partial charge in [-0.15, -0.1) is 0 Å². The summed E-state index contributed by atoms with van der Waals surface area (Å²) in [5.74, 6) is 4.56. The average molecular weight is 463 g/mol. The van der Waals surface area contributed by atoms with Crippen LogP contribution in [-0.2, 0) is 0 Å². The van der Waals surface area contributed by atoms with Gasteiger partial charge in [-0.05, 0) is 113 Å². The molecule has 1 aromatic heterocycles. The zero-order chi connectivity index (χ0) is 23.2. The number of hydrogen-bond donors (Lipinski definition) is 0. The van der Waals surface area contributed by atoms with Gasteiger partial charge < -0.3 is 9.80 Å². The van der Waals surface area contributed by atoms with Crippen molar-refractivity contribution in [3.63, 3.8) is 0 Å². The van der Waals surface area contributed by atoms with Gasteiger partial charge in [0.2, 0.25) is 0 Å². The van der Waals surface area contributed by atoms with Crippen LogP contribution in [-0.4, -0.2) is 56.8 Å². The lowest BCUT2D eigenvalue weighted by molar-refractivity contribution is -0.0667. The van der Waals surface area contributed by atoms with E-state index in [4.69, 9.17) is 0 Å². The molecular weight excluding hydrogens is 424 g/mol. The normalized spacial score (nSPS) is 43.2. The van der Waals surface area contributed by atoms with Crippen molar-refractivity contribution in [1.82, 2.24) is 19.8 Å². The average Bonchev–Trinajstić information content (AvgIpc) is 2.80. The third-order valence-corrected chi connectivity index (χ3v) is 11.1. The lowest BCUT2D eigenvalue weighted by atomic mass is 9.52. The van der Waals surface area contributed by atoms with Crippen molar-refractivity contribution in [1.29, 1.82) is 0 Å². The van der Waals surface area contributed by atoms with Crippen LogP contribution < -0.4 is 0 Å². The predicted octanol–water partition coefficient (Wildman–Crippen LogP) is 4.56. The number of aromatic nitrogens is 2. The van der Waals surface area contributed by atoms with Gasteiger partial charge in [0.15, 0.2) is 0 Å². The largest absolute Gasteiger partial charge is 0.335 e. The van der Waals surface area contributed by atoms with Crippen molar-refractivity contribution >= 4 is 11.8 Å². The Morgan fingerprint density at radius 1 is 0.647 bits per heavy atom. The monoisotopic (exact) mass is 462 g/mol. The molecule has 0 spiro atoms. The summed E-state index contributed by atoms with van der Waals surface area (Å²) in [6.07, 6.45) is 16.3. The van der Waals surface area contributed by atoms with Gasteiger partial charge in [-0.1, -0.05) is 0 Å². The molecule has 1 heterocycles. The van der Waals surface area contributed by atoms with Crippen LogP contribution in [0.15, 0.2) is 12.4 Å². The molecule has 8 saturated carbocycles. The van der Waals surface area contributed by atoms with Crippen LogP contribution in [0, 0.1) is 35.5 Å². The number of hydrogen-bond acceptors (Lipinski definition) is 4. The smallest absolute Gasteiger partial charge is 0.272 e. The second kappa shape index (κ2) is 7.27. The van der Waals surface area contributed by atoms with E-state index in [0.29, 0.717) is 11.4 Å². The molecule has 2 amide bonds. The van der Waals surface area contributed by atoms with E-state index in [1.165, 1.54) is 44.9 Å². The molecule has 0 N–H and O–H groups in total. The van der Waals surface area contributed by atoms with Gasteiger partial charge in [0.25, 0.3) is 11.8 Å². The molecule has 6 heteroatoms. The van der Waals surface area contributed by atoms with Gasteiger partial charge in [0.1, 0.15) is 17.7 Å². The maximum atomic E-state index is 13.6. The summed E-state index contributed by atoms with van der Waals surface area (Å²) >= 11 is 0. The minimum atomic E-state index is -0.0455. The summed E-state index contributed by atoms with van der Waals surface area (Å²) in [7, 11) is 3.95. The predicted molar refractivity (Wildman–Crippen MR) is 128 cm³/mol. The highest BCUT2D eigenvalue weighted by Gasteiger charge is 2.55. The number of nitrogens with zero attached hydrogens (tertiary/aromatic N) is 4. The van der Waals surface area contributed by atoms with Crippen molar-refractivity contribution in [2.45, 2.75) is 88.1 Å². The van der Waals surface area contributed by atoms with E-state index in [1.807, 2.05) is 23.9 Å². The van der Waals surface area contributed by atoms with Crippen LogP contribution in [0.1, 0.15) is 98.0 Å². The first kappa shape index (κ1) is 21.3. The molecule has 34 heavy (non-hydrogen) atoms. The van der Waals surface area contributed by atoms with Gasteiger partial charge >= 0.3 is 0 Å². The Morgan fingerprint density at radius 3 is 1.24 bits per heavy atom. The van der Waals surface area contributed by atoms with E-state index in [9.17, 15) is 9.59 Å². The first-order valence-corrected chi connectivity index (χ1v) is 13.7. The summed E-state index contributed by atoms with van der Waals surface area (Å²) < 4.78 is 0. The van der Waals surface area contributed by atoms with E-state index >= 15 is 0 Å². The lowest BCUT2D eigenvalue weighted by Gasteiger charge is -2.59. The van der Waals surface area contributed by atoms with Crippen LogP contribution in [0.4, 0.5) is 0 Å². The third kappa shape index (κ3) is 3.12. The van der Waals surface area contributed by atoms with E-state index in [0.717, 1.165) is 74.0 Å². The van der Waals surface area contributed by atoms with Crippen molar-refractivity contribution in [3.8, 4) is 0 Å². The summed E-state index contributed by atoms with van der Waals surface area (Å²) in [6.45, 7) is 0. The molecule has 0 saturated heterocycles. The van der Waals surface area contributed by atoms with Crippen molar-refractivity contribution in [2.24, 2.45) is 35.5 Å². The molecule has 0 atom stereocenters. The van der Waals surface area contributed by atoms with Gasteiger partial charge in [0, 0.05) is 31.2 Å². The summed E-state index contributed by atoms with van der Waals surface area (Å²) in [5.41, 5.74) is 0.708. The highest BCUT2D eigenvalue weighted by Crippen LogP contribution is 2.58. The van der Waals surface area contributed by atoms with Crippen LogP contribution in [0.3, 0.4) is 0 Å². The van der Waals surface area contributed by atoms with E-state index in [-0.39, 0.29) is 22.9 Å². The Morgan fingerprint density at radius 2 is 0.941 bits per heavy atom. The molecule has 0 radical (unpaired) electrons. The minimum absolute atomic E-state index is 0.0169. The van der Waals surface area contributed by atoms with Crippen molar-refractivity contribution in [3.05, 3.63) is 23.8 Å². The Balaban J connectivity index is 1.12. The van der Waals surface area contributed by atoms with E-state index < -0.39 is 0 Å². The molecule has 8 aliphatic rings. The zero-order valence-electron chi connectivity index (χ0n) is 20.7. The van der Waals surface area contributed by atoms with Crippen LogP contribution in [0.25, 0.3) is 0 Å². The van der Waals surface area contributed by atoms with Crippen molar-refractivity contribution in [2.75, 3.05) is 14.1 Å². The number of carbonyl (C=O) groups excluding carboxylic acids is 2. The molecule has 1 aromatic rings. The lowest BCUT2D eigenvalue weighted by Crippen LogP contribution is -2.60. The molecule has 182 valence electrons. The highest BCUT2D eigenvalue weighted by molar-refractivity contribution is 5.97. The molecule has 0 unspecified atom stereocenters. The second-order valence-electron chi connectivity index (χ2n) is 13.3. The molecule has 0 aliphatic heterocycles. The fourth-order valence-electron chi connectivity index (χ4n) is 10.3. The molecular formula is C28H38N4O2. The molecule has 0 aromatic carbocycles. The first-order valence-electron chi connectivity index (χ1n) is 13.7. The summed E-state index contributed by atoms with van der Waals surface area (Å²) in [5, 5.41) is 0. The van der Waals surface area contributed by atoms with E-state index in [2.05, 4.69) is 9.97 Å². The Bertz CT molecular complexity index is 887. The van der Waals surface area contributed by atoms with Crippen LogP contribution in [0.2, 0.25) is 0 Å². The summed E-state index contributed by atoms with van der Waals surface area (Å²) in [4.78, 5) is 40.0. The van der Waals surface area contributed by atoms with E-state index in [1.54, 1.807) is 6.07 Å². The molecule has 6 nitrogen and oxygen atoms in total. The van der Waals surface area contributed by atoms with Crippen molar-refractivity contribution < 1.29 is 9.59 Å². The standard InChI is InChI=1S/C28H38N4O2/c1-31(27-10-17-3-18(11-27)5-19(4-17)12-27)25(33)23-9-24(30-16-29-23)26(34)32(2)28-13-20-6-21(14-28)8-22(7-20)15-28/h9,16-22H,3-8,10-15H2,1-2H3. The van der Waals surface area contributed by atoms with Gasteiger partial charge in [0.05, 0.1) is 0 Å². The fourth-order valence-corrected chi connectivity index (χ4v) is 10.3. The SMILES string of the molecule is CN(C(=O)c1cc(C(=O)N(C)C23CC4CC(CC(C4)C2)C3)ncn1)C12CC3CC(CC(C3)C1)C2. The van der Waals surface area contributed by atoms with Gasteiger partial charge in [-0.2, -0.15) is 0 Å².